The SMILES string of the molecule is Cc1ccc(C[C@@H](C(=O)O)N(C)C(=O)[C@H]2CC[C@@](C)(C(=O)O)C2(C)C)cc1. The van der Waals surface area contributed by atoms with Crippen LogP contribution in [0.3, 0.4) is 0 Å². The number of likely N-dealkylation sites (N-methyl/N-ethyl adjacent to an activating group) is 1. The molecule has 1 saturated carbocycles. The van der Waals surface area contributed by atoms with Crippen LogP contribution in [0.15, 0.2) is 24.3 Å². The minimum Gasteiger partial charge on any atom is -0.481 e. The summed E-state index contributed by atoms with van der Waals surface area (Å²) < 4.78 is 0. The van der Waals surface area contributed by atoms with Crippen LogP contribution in [0.5, 0.6) is 0 Å². The molecule has 1 aromatic rings. The van der Waals surface area contributed by atoms with Crippen molar-refractivity contribution >= 4 is 17.8 Å². The molecule has 1 fully saturated rings. The highest BCUT2D eigenvalue weighted by molar-refractivity contribution is 5.87. The molecule has 2 rings (SSSR count). The van der Waals surface area contributed by atoms with Gasteiger partial charge in [0.1, 0.15) is 6.04 Å². The monoisotopic (exact) mass is 375 g/mol. The third-order valence-corrected chi connectivity index (χ3v) is 6.65. The summed E-state index contributed by atoms with van der Waals surface area (Å²) in [7, 11) is 1.50. The lowest BCUT2D eigenvalue weighted by Gasteiger charge is -2.39. The number of carboxylic acids is 2. The van der Waals surface area contributed by atoms with Crippen LogP contribution in [0.1, 0.15) is 44.7 Å². The molecule has 0 heterocycles. The molecular weight excluding hydrogens is 346 g/mol. The van der Waals surface area contributed by atoms with Crippen LogP contribution in [0, 0.1) is 23.7 Å². The zero-order valence-electron chi connectivity index (χ0n) is 16.7. The van der Waals surface area contributed by atoms with Gasteiger partial charge in [-0.3, -0.25) is 9.59 Å². The van der Waals surface area contributed by atoms with Crippen LogP contribution in [-0.2, 0) is 20.8 Å². The maximum absolute atomic E-state index is 13.1. The van der Waals surface area contributed by atoms with Crippen LogP contribution in [0.25, 0.3) is 0 Å². The van der Waals surface area contributed by atoms with Gasteiger partial charge in [0.25, 0.3) is 0 Å². The normalized spacial score (nSPS) is 25.0. The Morgan fingerprint density at radius 2 is 1.70 bits per heavy atom. The molecule has 0 unspecified atom stereocenters. The molecule has 0 radical (unpaired) electrons. The Hall–Kier alpha value is -2.37. The van der Waals surface area contributed by atoms with Gasteiger partial charge in [-0.05, 0) is 37.7 Å². The topological polar surface area (TPSA) is 94.9 Å². The van der Waals surface area contributed by atoms with E-state index in [1.165, 1.54) is 11.9 Å². The first-order valence-electron chi connectivity index (χ1n) is 9.20. The number of aliphatic carboxylic acids is 2. The zero-order chi connectivity index (χ0) is 20.6. The van der Waals surface area contributed by atoms with E-state index in [4.69, 9.17) is 0 Å². The van der Waals surface area contributed by atoms with Crippen molar-refractivity contribution in [3.05, 3.63) is 35.4 Å². The molecule has 1 aromatic carbocycles. The number of hydrogen-bond acceptors (Lipinski definition) is 3. The van der Waals surface area contributed by atoms with E-state index in [9.17, 15) is 24.6 Å². The number of aryl methyl sites for hydroxylation is 1. The molecule has 0 aromatic heterocycles. The molecule has 3 atom stereocenters. The highest BCUT2D eigenvalue weighted by Crippen LogP contribution is 2.56. The van der Waals surface area contributed by atoms with Gasteiger partial charge in [-0.2, -0.15) is 0 Å². The van der Waals surface area contributed by atoms with Crippen molar-refractivity contribution in [1.82, 2.24) is 4.90 Å². The summed E-state index contributed by atoms with van der Waals surface area (Å²) in [6.07, 6.45) is 1.05. The number of carbonyl (C=O) groups excluding carboxylic acids is 1. The minimum atomic E-state index is -1.07. The Kier molecular flexibility index (Phi) is 5.68. The molecule has 0 spiro atoms. The lowest BCUT2D eigenvalue weighted by molar-refractivity contribution is -0.159. The molecule has 0 saturated heterocycles. The predicted molar refractivity (Wildman–Crippen MR) is 101 cm³/mol. The second-order valence-corrected chi connectivity index (χ2v) is 8.44. The molecule has 27 heavy (non-hydrogen) atoms. The fourth-order valence-electron chi connectivity index (χ4n) is 4.05. The van der Waals surface area contributed by atoms with Gasteiger partial charge in [0.2, 0.25) is 5.91 Å². The van der Waals surface area contributed by atoms with Crippen LogP contribution < -0.4 is 0 Å². The second kappa shape index (κ2) is 7.33. The lowest BCUT2D eigenvalue weighted by atomic mass is 9.65. The summed E-state index contributed by atoms with van der Waals surface area (Å²) in [6, 6.07) is 6.56. The first-order valence-corrected chi connectivity index (χ1v) is 9.20. The number of carbonyl (C=O) groups is 3. The first-order chi connectivity index (χ1) is 12.4. The number of nitrogens with zero attached hydrogens (tertiary/aromatic N) is 1. The van der Waals surface area contributed by atoms with Crippen molar-refractivity contribution in [2.45, 2.75) is 53.0 Å². The van der Waals surface area contributed by atoms with Crippen LogP contribution >= 0.6 is 0 Å². The molecular formula is C21H29NO5. The molecule has 2 N–H and O–H groups in total. The zero-order valence-corrected chi connectivity index (χ0v) is 16.7. The molecule has 0 bridgehead atoms. The summed E-state index contributed by atoms with van der Waals surface area (Å²) >= 11 is 0. The Labute approximate surface area is 160 Å². The van der Waals surface area contributed by atoms with Crippen molar-refractivity contribution in [3.63, 3.8) is 0 Å². The van der Waals surface area contributed by atoms with E-state index in [0.717, 1.165) is 11.1 Å². The van der Waals surface area contributed by atoms with E-state index in [1.807, 2.05) is 31.2 Å². The van der Waals surface area contributed by atoms with Gasteiger partial charge < -0.3 is 15.1 Å². The lowest BCUT2D eigenvalue weighted by Crippen LogP contribution is -2.50. The average Bonchev–Trinajstić information content (AvgIpc) is 2.83. The van der Waals surface area contributed by atoms with Crippen LogP contribution in [0.2, 0.25) is 0 Å². The molecule has 6 nitrogen and oxygen atoms in total. The highest BCUT2D eigenvalue weighted by atomic mass is 16.4. The number of benzene rings is 1. The first kappa shape index (κ1) is 20.9. The fourth-order valence-corrected chi connectivity index (χ4v) is 4.05. The van der Waals surface area contributed by atoms with Gasteiger partial charge >= 0.3 is 11.9 Å². The summed E-state index contributed by atoms with van der Waals surface area (Å²) in [5.74, 6) is -2.81. The van der Waals surface area contributed by atoms with Crippen molar-refractivity contribution in [2.75, 3.05) is 7.05 Å². The van der Waals surface area contributed by atoms with Crippen LogP contribution in [-0.4, -0.2) is 46.0 Å². The minimum absolute atomic E-state index is 0.210. The van der Waals surface area contributed by atoms with Gasteiger partial charge in [-0.25, -0.2) is 4.79 Å². The van der Waals surface area contributed by atoms with Crippen molar-refractivity contribution in [3.8, 4) is 0 Å². The second-order valence-electron chi connectivity index (χ2n) is 8.44. The molecule has 148 valence electrons. The maximum atomic E-state index is 13.1. The third kappa shape index (κ3) is 3.70. The van der Waals surface area contributed by atoms with Gasteiger partial charge in [-0.15, -0.1) is 0 Å². The predicted octanol–water partition coefficient (Wildman–Crippen LogP) is 2.98. The van der Waals surface area contributed by atoms with Gasteiger partial charge in [0.05, 0.1) is 5.41 Å². The van der Waals surface area contributed by atoms with E-state index in [2.05, 4.69) is 0 Å². The molecule has 0 aliphatic heterocycles. The average molecular weight is 375 g/mol. The maximum Gasteiger partial charge on any atom is 0.326 e. The fraction of sp³-hybridized carbons (Fsp3) is 0.571. The van der Waals surface area contributed by atoms with E-state index < -0.39 is 34.7 Å². The Morgan fingerprint density at radius 3 is 2.15 bits per heavy atom. The smallest absolute Gasteiger partial charge is 0.326 e. The summed E-state index contributed by atoms with van der Waals surface area (Å²) in [5.41, 5.74) is 0.144. The largest absolute Gasteiger partial charge is 0.481 e. The number of amides is 1. The molecule has 6 heteroatoms. The summed E-state index contributed by atoms with van der Waals surface area (Å²) in [4.78, 5) is 38.0. The van der Waals surface area contributed by atoms with Gasteiger partial charge in [0, 0.05) is 19.4 Å². The molecule has 1 aliphatic carbocycles. The number of rotatable bonds is 6. The van der Waals surface area contributed by atoms with E-state index in [1.54, 1.807) is 20.8 Å². The highest BCUT2D eigenvalue weighted by Gasteiger charge is 2.59. The molecule has 1 amide bonds. The number of carboxylic acid groups (broad SMARTS) is 2. The van der Waals surface area contributed by atoms with Gasteiger partial charge in [-0.1, -0.05) is 43.7 Å². The van der Waals surface area contributed by atoms with Crippen molar-refractivity contribution in [2.24, 2.45) is 16.7 Å². The van der Waals surface area contributed by atoms with E-state index in [-0.39, 0.29) is 12.3 Å². The van der Waals surface area contributed by atoms with Gasteiger partial charge in [0.15, 0.2) is 0 Å². The molecule has 1 aliphatic rings. The number of hydrogen-bond donors (Lipinski definition) is 2. The Bertz CT molecular complexity index is 739. The van der Waals surface area contributed by atoms with Crippen LogP contribution in [0.4, 0.5) is 0 Å². The quantitative estimate of drug-likeness (QED) is 0.797. The summed E-state index contributed by atoms with van der Waals surface area (Å²) in [6.45, 7) is 7.21. The standard InChI is InChI=1S/C21H29NO5/c1-13-6-8-14(9-7-13)12-16(18(24)25)22(5)17(23)15-10-11-21(4,19(26)27)20(15,2)3/h6-9,15-16H,10-12H2,1-5H3,(H,24,25)(H,26,27)/t15-,16+,21+/m1/s1. The Morgan fingerprint density at radius 1 is 1.15 bits per heavy atom. The van der Waals surface area contributed by atoms with Crippen molar-refractivity contribution < 1.29 is 24.6 Å². The summed E-state index contributed by atoms with van der Waals surface area (Å²) in [5, 5.41) is 19.3. The van der Waals surface area contributed by atoms with E-state index >= 15 is 0 Å². The Balaban J connectivity index is 2.24. The third-order valence-electron chi connectivity index (χ3n) is 6.65. The van der Waals surface area contributed by atoms with E-state index in [0.29, 0.717) is 12.8 Å². The van der Waals surface area contributed by atoms with Crippen molar-refractivity contribution in [1.29, 1.82) is 0 Å².